The quantitative estimate of drug-likeness (QED) is 0.385. The van der Waals surface area contributed by atoms with Gasteiger partial charge in [0.15, 0.2) is 0 Å². The number of hydrogen-bond acceptors (Lipinski definition) is 3. The molecule has 0 aromatic heterocycles. The maximum absolute atomic E-state index is 8.79. The van der Waals surface area contributed by atoms with Crippen LogP contribution in [0.15, 0.2) is 24.3 Å². The Hall–Kier alpha value is 0.180. The first-order chi connectivity index (χ1) is 5.80. The summed E-state index contributed by atoms with van der Waals surface area (Å²) in [6.07, 6.45) is 0. The number of phenols is 1. The van der Waals surface area contributed by atoms with E-state index in [4.69, 9.17) is 34.2 Å². The Kier molecular flexibility index (Phi) is 8.86. The Bertz CT molecular complexity index is 343. The van der Waals surface area contributed by atoms with Crippen LogP contribution in [-0.2, 0) is 10.4 Å². The zero-order valence-corrected chi connectivity index (χ0v) is 10.8. The molecule has 76 valence electrons. The minimum absolute atomic E-state index is 0. The fourth-order valence-corrected chi connectivity index (χ4v) is 0.587. The third kappa shape index (κ3) is 12.2. The van der Waals surface area contributed by atoms with Crippen molar-refractivity contribution < 1.29 is 53.6 Å². The van der Waals surface area contributed by atoms with Gasteiger partial charge in [0.2, 0.25) is 0 Å². The maximum Gasteiger partial charge on any atom is 1.00 e. The van der Waals surface area contributed by atoms with Crippen molar-refractivity contribution in [3.8, 4) is 5.75 Å². The van der Waals surface area contributed by atoms with Crippen LogP contribution in [0.2, 0.25) is 5.02 Å². The summed E-state index contributed by atoms with van der Waals surface area (Å²) in [5, 5.41) is 9.18. The molecule has 0 spiro atoms. The van der Waals surface area contributed by atoms with Gasteiger partial charge >= 0.3 is 40.0 Å². The Morgan fingerprint density at radius 1 is 1.21 bits per heavy atom. The summed E-state index contributed by atoms with van der Waals surface area (Å²) in [6.45, 7) is 0. The van der Waals surface area contributed by atoms with Crippen molar-refractivity contribution in [1.29, 1.82) is 0 Å². The molecule has 1 rings (SSSR count). The molecular weight excluding hydrogens is 243 g/mol. The van der Waals surface area contributed by atoms with Gasteiger partial charge in [-0.05, 0) is 12.1 Å². The van der Waals surface area contributed by atoms with Crippen LogP contribution in [0.5, 0.6) is 5.75 Å². The Morgan fingerprint density at radius 2 is 1.57 bits per heavy atom. The molecule has 0 amide bonds. The summed E-state index contributed by atoms with van der Waals surface area (Å²) >= 11 is 5.46. The molecule has 14 heavy (non-hydrogen) atoms. The summed E-state index contributed by atoms with van der Waals surface area (Å²) in [6, 6.07) is 6.67. The molecule has 1 aromatic carbocycles. The molecule has 0 aliphatic rings. The summed E-state index contributed by atoms with van der Waals surface area (Å²) in [5.41, 5.74) is 0. The van der Waals surface area contributed by atoms with Gasteiger partial charge in [0.1, 0.15) is 5.75 Å². The zero-order valence-electron chi connectivity index (χ0n) is 8.25. The molecule has 0 unspecified atom stereocenters. The third-order valence-electron chi connectivity index (χ3n) is 0.852. The standard InChI is InChI=1S/C6H5ClO.Na.H2O4S.H/c7-5-3-1-2-4-6(5)8;;1-5(2,3)4;/h1-4,8H;;(H2,1,2,3,4);/q;+1;;-1. The van der Waals surface area contributed by atoms with E-state index in [1.807, 2.05) is 0 Å². The SMILES string of the molecule is O=S(=O)(O)O.Oc1ccccc1Cl.[H-].[Na+]. The smallest absolute Gasteiger partial charge is 1.00 e. The van der Waals surface area contributed by atoms with Crippen LogP contribution in [0.4, 0.5) is 0 Å². The van der Waals surface area contributed by atoms with Crippen LogP contribution in [-0.4, -0.2) is 22.6 Å². The average Bonchev–Trinajstić information content (AvgIpc) is 1.92. The molecule has 1 aromatic rings. The van der Waals surface area contributed by atoms with Crippen molar-refractivity contribution in [3.05, 3.63) is 29.3 Å². The largest absolute Gasteiger partial charge is 1.00 e. The minimum Gasteiger partial charge on any atom is -1.00 e. The van der Waals surface area contributed by atoms with Crippen LogP contribution in [0.25, 0.3) is 0 Å². The first-order valence-corrected chi connectivity index (χ1v) is 4.71. The molecule has 0 aliphatic heterocycles. The molecule has 5 nitrogen and oxygen atoms in total. The van der Waals surface area contributed by atoms with Crippen LogP contribution in [0, 0.1) is 0 Å². The topological polar surface area (TPSA) is 94.8 Å². The number of phenolic OH excluding ortho intramolecular Hbond substituents is 1. The molecule has 0 atom stereocenters. The van der Waals surface area contributed by atoms with Crippen molar-refractivity contribution in [2.24, 2.45) is 0 Å². The first kappa shape index (κ1) is 16.6. The minimum atomic E-state index is -4.67. The summed E-state index contributed by atoms with van der Waals surface area (Å²) in [4.78, 5) is 0. The molecular formula is C6H8ClNaO5S. The monoisotopic (exact) mass is 250 g/mol. The maximum atomic E-state index is 8.79. The van der Waals surface area contributed by atoms with E-state index in [1.54, 1.807) is 24.3 Å². The normalized spacial score (nSPS) is 9.36. The molecule has 0 saturated heterocycles. The summed E-state index contributed by atoms with van der Waals surface area (Å²) in [7, 11) is -4.67. The molecule has 0 saturated carbocycles. The third-order valence-corrected chi connectivity index (χ3v) is 1.17. The summed E-state index contributed by atoms with van der Waals surface area (Å²) < 4.78 is 31.6. The second-order valence-electron chi connectivity index (χ2n) is 1.90. The van der Waals surface area contributed by atoms with Gasteiger partial charge < -0.3 is 6.53 Å². The zero-order chi connectivity index (χ0) is 10.5. The van der Waals surface area contributed by atoms with Gasteiger partial charge in [0, 0.05) is 0 Å². The predicted molar refractivity (Wildman–Crippen MR) is 48.4 cm³/mol. The van der Waals surface area contributed by atoms with Crippen molar-refractivity contribution in [2.45, 2.75) is 0 Å². The van der Waals surface area contributed by atoms with Crippen LogP contribution >= 0.6 is 11.6 Å². The van der Waals surface area contributed by atoms with Crippen molar-refractivity contribution in [3.63, 3.8) is 0 Å². The Morgan fingerprint density at radius 3 is 1.79 bits per heavy atom. The number of benzene rings is 1. The van der Waals surface area contributed by atoms with Gasteiger partial charge in [0.05, 0.1) is 5.02 Å². The van der Waals surface area contributed by atoms with Gasteiger partial charge in [-0.25, -0.2) is 0 Å². The number of aromatic hydroxyl groups is 1. The molecule has 8 heteroatoms. The second kappa shape index (κ2) is 7.47. The first-order valence-electron chi connectivity index (χ1n) is 2.94. The van der Waals surface area contributed by atoms with E-state index in [-0.39, 0.29) is 36.7 Å². The van der Waals surface area contributed by atoms with Crippen molar-refractivity contribution >= 4 is 22.0 Å². The van der Waals surface area contributed by atoms with E-state index in [0.717, 1.165) is 0 Å². The molecule has 0 fully saturated rings. The van der Waals surface area contributed by atoms with Crippen molar-refractivity contribution in [1.82, 2.24) is 0 Å². The van der Waals surface area contributed by atoms with E-state index in [1.165, 1.54) is 0 Å². The Labute approximate surface area is 110 Å². The number of rotatable bonds is 0. The second-order valence-corrected chi connectivity index (χ2v) is 3.20. The molecule has 0 bridgehead atoms. The molecule has 3 N–H and O–H groups in total. The fourth-order valence-electron chi connectivity index (χ4n) is 0.452. The predicted octanol–water partition coefficient (Wildman–Crippen LogP) is -1.49. The number of hydrogen-bond donors (Lipinski definition) is 3. The summed E-state index contributed by atoms with van der Waals surface area (Å²) in [5.74, 6) is 0.133. The van der Waals surface area contributed by atoms with Gasteiger partial charge in [-0.1, -0.05) is 23.7 Å². The fraction of sp³-hybridized carbons (Fsp3) is 0. The number of para-hydroxylation sites is 1. The van der Waals surface area contributed by atoms with E-state index in [9.17, 15) is 0 Å². The number of halogens is 1. The molecule has 0 radical (unpaired) electrons. The van der Waals surface area contributed by atoms with Gasteiger partial charge in [0.25, 0.3) is 0 Å². The van der Waals surface area contributed by atoms with Gasteiger partial charge in [-0.3, -0.25) is 9.11 Å². The van der Waals surface area contributed by atoms with Crippen LogP contribution in [0.3, 0.4) is 0 Å². The van der Waals surface area contributed by atoms with Gasteiger partial charge in [-0.15, -0.1) is 0 Å². The van der Waals surface area contributed by atoms with Gasteiger partial charge in [-0.2, -0.15) is 8.42 Å². The van der Waals surface area contributed by atoms with E-state index < -0.39 is 10.4 Å². The molecule has 0 heterocycles. The van der Waals surface area contributed by atoms with E-state index in [2.05, 4.69) is 0 Å². The Balaban J connectivity index is -0.000000185. The van der Waals surface area contributed by atoms with Crippen LogP contribution in [0.1, 0.15) is 1.43 Å². The molecule has 0 aliphatic carbocycles. The van der Waals surface area contributed by atoms with E-state index >= 15 is 0 Å². The van der Waals surface area contributed by atoms with Crippen molar-refractivity contribution in [2.75, 3.05) is 0 Å². The van der Waals surface area contributed by atoms with E-state index in [0.29, 0.717) is 5.02 Å². The van der Waals surface area contributed by atoms with Crippen LogP contribution < -0.4 is 29.6 Å². The average molecular weight is 251 g/mol.